The minimum absolute atomic E-state index is 0.00456. The second-order valence-corrected chi connectivity index (χ2v) is 17.0. The molecule has 70 heavy (non-hydrogen) atoms. The van der Waals surface area contributed by atoms with E-state index >= 15 is 0 Å². The van der Waals surface area contributed by atoms with Crippen LogP contribution in [0, 0.1) is 96.9 Å². The molecule has 5 rings (SSSR count). The number of benzene rings is 5. The Kier molecular flexibility index (Phi) is 15.1. The zero-order valence-electron chi connectivity index (χ0n) is 42.6. The third-order valence-electron chi connectivity index (χ3n) is 13.3. The van der Waals surface area contributed by atoms with Crippen molar-refractivity contribution in [1.82, 2.24) is 0 Å². The molecular weight excluding hydrogens is 909 g/mol. The standard InChI is InChI=1S/C53H58O17/c1-19-23(5)41(30(12)44(63-15)34(19)49(56)57)69-52(61)36-21(3)25(7)40(29(11)46(36)65-17)67-48-27(9)33(38(54)28(10)39(48)55)51(60)68-43-26(8)22(4)37(47(66-18)32(43)14)53(62)70-42-24(6)20(2)35(50(58)59)45(64-16)31(42)13/h54-55H,1-18H3,(H,56,57)(H,58,59). The predicted molar refractivity (Wildman–Crippen MR) is 257 cm³/mol. The van der Waals surface area contributed by atoms with E-state index in [0.717, 1.165) is 0 Å². The van der Waals surface area contributed by atoms with E-state index in [2.05, 4.69) is 0 Å². The van der Waals surface area contributed by atoms with Crippen LogP contribution in [-0.2, 0) is 0 Å². The maximum Gasteiger partial charge on any atom is 0.347 e. The largest absolute Gasteiger partial charge is 0.507 e. The molecule has 0 saturated carbocycles. The zero-order valence-corrected chi connectivity index (χ0v) is 42.6. The van der Waals surface area contributed by atoms with Crippen molar-refractivity contribution in [3.05, 3.63) is 106 Å². The Morgan fingerprint density at radius 2 is 0.557 bits per heavy atom. The number of carbonyl (C=O) groups excluding carboxylic acids is 3. The van der Waals surface area contributed by atoms with Crippen LogP contribution in [0.5, 0.6) is 63.2 Å². The van der Waals surface area contributed by atoms with Gasteiger partial charge in [0, 0.05) is 33.4 Å². The second-order valence-electron chi connectivity index (χ2n) is 17.0. The molecule has 17 heteroatoms. The van der Waals surface area contributed by atoms with E-state index in [-0.39, 0.29) is 102 Å². The lowest BCUT2D eigenvalue weighted by atomic mass is 9.95. The van der Waals surface area contributed by atoms with E-state index < -0.39 is 41.3 Å². The van der Waals surface area contributed by atoms with Crippen LogP contribution in [-0.4, -0.2) is 78.7 Å². The molecule has 5 aromatic rings. The fraction of sp³-hybridized carbons (Fsp3) is 0.340. The Morgan fingerprint density at radius 1 is 0.286 bits per heavy atom. The number of carbonyl (C=O) groups is 5. The first-order valence-corrected chi connectivity index (χ1v) is 21.7. The van der Waals surface area contributed by atoms with Gasteiger partial charge in [0.05, 0.1) is 28.4 Å². The van der Waals surface area contributed by atoms with Crippen LogP contribution in [0.3, 0.4) is 0 Å². The van der Waals surface area contributed by atoms with E-state index in [1.807, 2.05) is 0 Å². The molecule has 372 valence electrons. The quantitative estimate of drug-likeness (QED) is 0.0597. The number of hydrogen-bond donors (Lipinski definition) is 4. The normalized spacial score (nSPS) is 10.9. The highest BCUT2D eigenvalue weighted by molar-refractivity contribution is 6.02. The second kappa shape index (κ2) is 19.9. The van der Waals surface area contributed by atoms with Crippen molar-refractivity contribution < 1.29 is 82.3 Å². The van der Waals surface area contributed by atoms with Crippen LogP contribution in [0.2, 0.25) is 0 Å². The van der Waals surface area contributed by atoms with Crippen LogP contribution in [0.4, 0.5) is 0 Å². The summed E-state index contributed by atoms with van der Waals surface area (Å²) in [7, 11) is 5.32. The third kappa shape index (κ3) is 8.60. The molecule has 0 radical (unpaired) electrons. The topological polar surface area (TPSA) is 240 Å². The predicted octanol–water partition coefficient (Wildman–Crippen LogP) is 10.3. The van der Waals surface area contributed by atoms with Gasteiger partial charge in [0.1, 0.15) is 79.6 Å². The van der Waals surface area contributed by atoms with Crippen LogP contribution in [0.25, 0.3) is 0 Å². The lowest BCUT2D eigenvalue weighted by Gasteiger charge is -2.24. The van der Waals surface area contributed by atoms with E-state index in [1.165, 1.54) is 42.3 Å². The summed E-state index contributed by atoms with van der Waals surface area (Å²) in [5.41, 5.74) is 3.53. The Hall–Kier alpha value is -7.95. The Bertz CT molecular complexity index is 3100. The van der Waals surface area contributed by atoms with Crippen molar-refractivity contribution in [1.29, 1.82) is 0 Å². The lowest BCUT2D eigenvalue weighted by Crippen LogP contribution is -2.19. The lowest BCUT2D eigenvalue weighted by molar-refractivity contribution is 0.0679. The van der Waals surface area contributed by atoms with Gasteiger partial charge >= 0.3 is 29.8 Å². The molecule has 0 heterocycles. The third-order valence-corrected chi connectivity index (χ3v) is 13.3. The first-order chi connectivity index (χ1) is 32.7. The van der Waals surface area contributed by atoms with Gasteiger partial charge in [0.2, 0.25) is 0 Å². The van der Waals surface area contributed by atoms with Gasteiger partial charge in [-0.25, -0.2) is 24.0 Å². The number of phenols is 2. The van der Waals surface area contributed by atoms with Crippen LogP contribution >= 0.6 is 0 Å². The summed E-state index contributed by atoms with van der Waals surface area (Å²) in [6.07, 6.45) is 0. The highest BCUT2D eigenvalue weighted by Gasteiger charge is 2.34. The van der Waals surface area contributed by atoms with Gasteiger partial charge in [0.25, 0.3) is 0 Å². The van der Waals surface area contributed by atoms with Gasteiger partial charge in [0.15, 0.2) is 11.5 Å². The number of carboxylic acids is 2. The molecule has 0 amide bonds. The van der Waals surface area contributed by atoms with Gasteiger partial charge < -0.3 is 58.3 Å². The molecule has 0 saturated heterocycles. The number of phenolic OH excluding ortho intramolecular Hbond substituents is 2. The molecule has 0 bridgehead atoms. The monoisotopic (exact) mass is 966 g/mol. The van der Waals surface area contributed by atoms with Gasteiger partial charge in [-0.15, -0.1) is 0 Å². The van der Waals surface area contributed by atoms with E-state index in [9.17, 15) is 44.4 Å². The number of aromatic carboxylic acids is 2. The zero-order chi connectivity index (χ0) is 52.9. The average Bonchev–Trinajstić information content (AvgIpc) is 3.30. The van der Waals surface area contributed by atoms with E-state index in [4.69, 9.17) is 37.9 Å². The van der Waals surface area contributed by atoms with Gasteiger partial charge in [-0.1, -0.05) is 0 Å². The maximum atomic E-state index is 14.3. The number of aromatic hydroxyl groups is 2. The average molecular weight is 967 g/mol. The molecule has 17 nitrogen and oxygen atoms in total. The highest BCUT2D eigenvalue weighted by Crippen LogP contribution is 2.49. The van der Waals surface area contributed by atoms with Gasteiger partial charge in [-0.05, 0) is 141 Å². The molecular formula is C53H58O17. The van der Waals surface area contributed by atoms with Crippen molar-refractivity contribution in [3.8, 4) is 63.2 Å². The number of ether oxygens (including phenoxy) is 8. The number of hydrogen-bond acceptors (Lipinski definition) is 15. The number of rotatable bonds is 14. The number of methoxy groups -OCH3 is 4. The minimum Gasteiger partial charge on any atom is -0.507 e. The fourth-order valence-corrected chi connectivity index (χ4v) is 8.89. The summed E-state index contributed by atoms with van der Waals surface area (Å²) in [4.78, 5) is 66.8. The molecule has 0 atom stereocenters. The van der Waals surface area contributed by atoms with E-state index in [0.29, 0.717) is 55.6 Å². The van der Waals surface area contributed by atoms with Crippen molar-refractivity contribution >= 4 is 29.8 Å². The molecule has 0 aliphatic carbocycles. The molecule has 5 aromatic carbocycles. The number of esters is 3. The van der Waals surface area contributed by atoms with Crippen LogP contribution < -0.4 is 37.9 Å². The minimum atomic E-state index is -1.21. The molecule has 0 aromatic heterocycles. The van der Waals surface area contributed by atoms with E-state index in [1.54, 1.807) is 83.1 Å². The Balaban J connectivity index is 1.56. The molecule has 4 N–H and O–H groups in total. The van der Waals surface area contributed by atoms with Crippen LogP contribution in [0.15, 0.2) is 0 Å². The van der Waals surface area contributed by atoms with Gasteiger partial charge in [-0.2, -0.15) is 0 Å². The molecule has 0 fully saturated rings. The summed E-state index contributed by atoms with van der Waals surface area (Å²) >= 11 is 0. The molecule has 0 unspecified atom stereocenters. The first-order valence-electron chi connectivity index (χ1n) is 21.7. The summed E-state index contributed by atoms with van der Waals surface area (Å²) in [6, 6.07) is 0. The van der Waals surface area contributed by atoms with Crippen molar-refractivity contribution in [2.45, 2.75) is 96.9 Å². The SMILES string of the molecule is COc1c(C)c(OC(=O)c2c(C)c(C)c(OC(=O)c3c(C)c(Oc4c(C)c(C)c(C(=O)Oc5c(C)c(C)c(C(=O)O)c(OC)c5C)c(OC)c4C)c(O)c(C)c3O)c(C)c2OC)c(C)c(C)c1C(=O)O. The maximum absolute atomic E-state index is 14.3. The number of carboxylic acid groups (broad SMARTS) is 2. The van der Waals surface area contributed by atoms with Crippen molar-refractivity contribution in [3.63, 3.8) is 0 Å². The first kappa shape index (κ1) is 53.0. The van der Waals surface area contributed by atoms with Crippen LogP contribution in [0.1, 0.15) is 130 Å². The van der Waals surface area contributed by atoms with Crippen molar-refractivity contribution in [2.75, 3.05) is 28.4 Å². The molecule has 0 spiro atoms. The van der Waals surface area contributed by atoms with Crippen molar-refractivity contribution in [2.24, 2.45) is 0 Å². The summed E-state index contributed by atoms with van der Waals surface area (Å²) < 4.78 is 46.7. The molecule has 0 aliphatic rings. The summed E-state index contributed by atoms with van der Waals surface area (Å²) in [5.74, 6) is -5.88. The Labute approximate surface area is 405 Å². The highest BCUT2D eigenvalue weighted by atomic mass is 16.6. The van der Waals surface area contributed by atoms with Gasteiger partial charge in [-0.3, -0.25) is 0 Å². The summed E-state index contributed by atoms with van der Waals surface area (Å²) in [6.45, 7) is 22.1. The Morgan fingerprint density at radius 3 is 0.871 bits per heavy atom. The summed E-state index contributed by atoms with van der Waals surface area (Å²) in [5, 5.41) is 42.7. The smallest absolute Gasteiger partial charge is 0.347 e. The fourth-order valence-electron chi connectivity index (χ4n) is 8.89. The molecule has 0 aliphatic heterocycles.